The van der Waals surface area contributed by atoms with Crippen molar-refractivity contribution in [1.82, 2.24) is 0 Å². The predicted molar refractivity (Wildman–Crippen MR) is 81.7 cm³/mol. The number of hydrogen-bond donors (Lipinski definition) is 0. The second-order valence-corrected chi connectivity index (χ2v) is 5.79. The van der Waals surface area contributed by atoms with Crippen molar-refractivity contribution in [2.45, 2.75) is 45.6 Å². The van der Waals surface area contributed by atoms with Crippen LogP contribution in [-0.4, -0.2) is 24.9 Å². The van der Waals surface area contributed by atoms with E-state index in [9.17, 15) is 0 Å². The van der Waals surface area contributed by atoms with E-state index in [-0.39, 0.29) is 24.2 Å². The highest BCUT2D eigenvalue weighted by Crippen LogP contribution is 2.32. The van der Waals surface area contributed by atoms with Crippen molar-refractivity contribution < 1.29 is 9.47 Å². The molecule has 1 aliphatic heterocycles. The van der Waals surface area contributed by atoms with Crippen LogP contribution in [0, 0.1) is 11.8 Å². The maximum atomic E-state index is 8.65. The number of azide groups is 1. The Balaban J connectivity index is 1.88. The zero-order valence-corrected chi connectivity index (χ0v) is 12.8. The van der Waals surface area contributed by atoms with E-state index in [2.05, 4.69) is 23.9 Å². The summed E-state index contributed by atoms with van der Waals surface area (Å²) in [5.41, 5.74) is 9.81. The quantitative estimate of drug-likeness (QED) is 0.468. The first-order valence-corrected chi connectivity index (χ1v) is 7.44. The number of rotatable bonds is 5. The van der Waals surface area contributed by atoms with E-state index < -0.39 is 0 Å². The highest BCUT2D eigenvalue weighted by molar-refractivity contribution is 5.13. The van der Waals surface area contributed by atoms with Gasteiger partial charge in [-0.3, -0.25) is 0 Å². The van der Waals surface area contributed by atoms with Crippen LogP contribution in [0.1, 0.15) is 26.3 Å². The van der Waals surface area contributed by atoms with Gasteiger partial charge < -0.3 is 9.47 Å². The van der Waals surface area contributed by atoms with E-state index in [0.717, 1.165) is 5.56 Å². The molecule has 1 aliphatic rings. The summed E-state index contributed by atoms with van der Waals surface area (Å²) in [6.07, 6.45) is -0.0266. The van der Waals surface area contributed by atoms with E-state index in [4.69, 9.17) is 15.0 Å². The molecule has 0 radical (unpaired) electrons. The van der Waals surface area contributed by atoms with Crippen LogP contribution in [0.2, 0.25) is 0 Å². The van der Waals surface area contributed by atoms with Gasteiger partial charge in [0.05, 0.1) is 31.5 Å². The molecule has 1 fully saturated rings. The van der Waals surface area contributed by atoms with Crippen LogP contribution in [0.5, 0.6) is 0 Å². The molecule has 0 amide bonds. The molecular weight excluding hydrogens is 266 g/mol. The lowest BCUT2D eigenvalue weighted by Crippen LogP contribution is -2.48. The zero-order chi connectivity index (χ0) is 15.2. The Labute approximate surface area is 125 Å². The standard InChI is InChI=1S/C16H23N3O2/c1-11-12(2)16(18-19-17)13(3)21-15(11)10-20-9-14-7-5-4-6-8-14/h4-8,11-13,15-16H,9-10H2,1-3H3/t11-,12-,13-,15?,16?/m0/s1. The van der Waals surface area contributed by atoms with Gasteiger partial charge in [0.1, 0.15) is 0 Å². The predicted octanol–water partition coefficient (Wildman–Crippen LogP) is 3.94. The van der Waals surface area contributed by atoms with E-state index >= 15 is 0 Å². The molecule has 0 saturated carbocycles. The molecule has 21 heavy (non-hydrogen) atoms. The molecule has 1 saturated heterocycles. The Morgan fingerprint density at radius 2 is 1.90 bits per heavy atom. The van der Waals surface area contributed by atoms with Crippen LogP contribution >= 0.6 is 0 Å². The molecule has 0 N–H and O–H groups in total. The van der Waals surface area contributed by atoms with Crippen molar-refractivity contribution in [1.29, 1.82) is 0 Å². The van der Waals surface area contributed by atoms with Gasteiger partial charge in [0.25, 0.3) is 0 Å². The third kappa shape index (κ3) is 3.97. The van der Waals surface area contributed by atoms with Crippen LogP contribution in [0.15, 0.2) is 35.4 Å². The van der Waals surface area contributed by atoms with Gasteiger partial charge in [0, 0.05) is 4.91 Å². The van der Waals surface area contributed by atoms with Crippen LogP contribution in [0.3, 0.4) is 0 Å². The third-order valence-electron chi connectivity index (χ3n) is 4.40. The summed E-state index contributed by atoms with van der Waals surface area (Å²) in [7, 11) is 0. The summed E-state index contributed by atoms with van der Waals surface area (Å²) in [5.74, 6) is 0.586. The van der Waals surface area contributed by atoms with Gasteiger partial charge in [0.15, 0.2) is 0 Å². The average Bonchev–Trinajstić information content (AvgIpc) is 2.50. The van der Waals surface area contributed by atoms with Crippen molar-refractivity contribution in [3.05, 3.63) is 46.3 Å². The number of ether oxygens (including phenoxy) is 2. The van der Waals surface area contributed by atoms with Crippen LogP contribution < -0.4 is 0 Å². The first kappa shape index (κ1) is 15.8. The molecule has 2 rings (SSSR count). The Bertz CT molecular complexity index is 488. The van der Waals surface area contributed by atoms with E-state index in [1.54, 1.807) is 0 Å². The fourth-order valence-corrected chi connectivity index (χ4v) is 2.87. The molecule has 5 atom stereocenters. The normalized spacial score (nSPS) is 32.4. The third-order valence-corrected chi connectivity index (χ3v) is 4.40. The fraction of sp³-hybridized carbons (Fsp3) is 0.625. The van der Waals surface area contributed by atoms with Gasteiger partial charge in [-0.05, 0) is 29.9 Å². The van der Waals surface area contributed by atoms with Crippen molar-refractivity contribution in [2.75, 3.05) is 6.61 Å². The van der Waals surface area contributed by atoms with Crippen LogP contribution in [0.25, 0.3) is 10.4 Å². The smallest absolute Gasteiger partial charge is 0.0840 e. The monoisotopic (exact) mass is 289 g/mol. The zero-order valence-electron chi connectivity index (χ0n) is 12.8. The Kier molecular flexibility index (Phi) is 5.62. The number of benzene rings is 1. The molecule has 0 spiro atoms. The fourth-order valence-electron chi connectivity index (χ4n) is 2.87. The van der Waals surface area contributed by atoms with Crippen LogP contribution in [-0.2, 0) is 16.1 Å². The molecule has 1 aromatic rings. The lowest BCUT2D eigenvalue weighted by atomic mass is 9.80. The maximum Gasteiger partial charge on any atom is 0.0840 e. The Hall–Kier alpha value is -1.55. The molecule has 5 nitrogen and oxygen atoms in total. The molecule has 114 valence electrons. The maximum absolute atomic E-state index is 8.65. The van der Waals surface area contributed by atoms with E-state index in [1.807, 2.05) is 37.3 Å². The summed E-state index contributed by atoms with van der Waals surface area (Å²) in [4.78, 5) is 2.94. The van der Waals surface area contributed by atoms with Crippen molar-refractivity contribution >= 4 is 0 Å². The topological polar surface area (TPSA) is 67.2 Å². The lowest BCUT2D eigenvalue weighted by Gasteiger charge is -2.41. The second-order valence-electron chi connectivity index (χ2n) is 5.79. The SMILES string of the molecule is C[C@@H]1OC(COCc2ccccc2)[C@@H](C)[C@H](C)C1N=[N+]=[N-]. The molecule has 1 aromatic carbocycles. The van der Waals surface area contributed by atoms with Gasteiger partial charge in [0.2, 0.25) is 0 Å². The molecule has 0 bridgehead atoms. The van der Waals surface area contributed by atoms with Gasteiger partial charge in [-0.15, -0.1) is 0 Å². The second kappa shape index (κ2) is 7.46. The highest BCUT2D eigenvalue weighted by Gasteiger charge is 2.38. The summed E-state index contributed by atoms with van der Waals surface area (Å²) in [6.45, 7) is 7.37. The molecule has 5 heteroatoms. The van der Waals surface area contributed by atoms with Gasteiger partial charge in [-0.1, -0.05) is 49.3 Å². The molecule has 0 aliphatic carbocycles. The van der Waals surface area contributed by atoms with Gasteiger partial charge >= 0.3 is 0 Å². The van der Waals surface area contributed by atoms with Crippen LogP contribution in [0.4, 0.5) is 0 Å². The highest BCUT2D eigenvalue weighted by atomic mass is 16.5. The first-order chi connectivity index (χ1) is 10.1. The minimum absolute atomic E-state index is 0.0452. The van der Waals surface area contributed by atoms with Gasteiger partial charge in [-0.25, -0.2) is 0 Å². The summed E-state index contributed by atoms with van der Waals surface area (Å²) >= 11 is 0. The van der Waals surface area contributed by atoms with E-state index in [0.29, 0.717) is 19.1 Å². The van der Waals surface area contributed by atoms with Crippen molar-refractivity contribution in [2.24, 2.45) is 17.0 Å². The minimum Gasteiger partial charge on any atom is -0.374 e. The molecule has 1 heterocycles. The number of nitrogens with zero attached hydrogens (tertiary/aromatic N) is 3. The summed E-state index contributed by atoms with van der Waals surface area (Å²) < 4.78 is 11.8. The number of hydrogen-bond acceptors (Lipinski definition) is 3. The van der Waals surface area contributed by atoms with Crippen molar-refractivity contribution in [3.8, 4) is 0 Å². The molecule has 2 unspecified atom stereocenters. The average molecular weight is 289 g/mol. The Morgan fingerprint density at radius 3 is 2.57 bits per heavy atom. The largest absolute Gasteiger partial charge is 0.374 e. The molecular formula is C16H23N3O2. The van der Waals surface area contributed by atoms with Crippen molar-refractivity contribution in [3.63, 3.8) is 0 Å². The lowest BCUT2D eigenvalue weighted by molar-refractivity contribution is -0.134. The summed E-state index contributed by atoms with van der Waals surface area (Å²) in [5, 5.41) is 3.87. The Morgan fingerprint density at radius 1 is 1.19 bits per heavy atom. The van der Waals surface area contributed by atoms with E-state index in [1.165, 1.54) is 0 Å². The minimum atomic E-state index is -0.102. The summed E-state index contributed by atoms with van der Waals surface area (Å²) in [6, 6.07) is 10.0. The first-order valence-electron chi connectivity index (χ1n) is 7.44. The molecule has 0 aromatic heterocycles. The van der Waals surface area contributed by atoms with Gasteiger partial charge in [-0.2, -0.15) is 0 Å².